The lowest BCUT2D eigenvalue weighted by Gasteiger charge is -2.32. The molecular formula is C22H26N4O. The molecule has 1 fully saturated rings. The molecule has 0 bridgehead atoms. The molecule has 1 amide bonds. The molecule has 140 valence electrons. The standard InChI is InChI=1S/C22H26N4O/c1-22(2,3)18-11-9-16(10-12-18)21(27)25-13-6-7-17(15-25)20-24-23-19-8-4-5-14-26(19)20/h4-5,8-12,14,17H,6-7,13,15H2,1-3H3/t17-/m1/s1. The number of amides is 1. The van der Waals surface area contributed by atoms with Crippen LogP contribution in [0.1, 0.15) is 61.3 Å². The summed E-state index contributed by atoms with van der Waals surface area (Å²) in [5, 5.41) is 8.66. The fourth-order valence-electron chi connectivity index (χ4n) is 3.81. The monoisotopic (exact) mass is 362 g/mol. The normalized spacial score (nSPS) is 18.0. The average molecular weight is 362 g/mol. The van der Waals surface area contributed by atoms with Crippen LogP contribution in [0.4, 0.5) is 0 Å². The number of rotatable bonds is 2. The molecule has 1 saturated heterocycles. The fraction of sp³-hybridized carbons (Fsp3) is 0.409. The van der Waals surface area contributed by atoms with Gasteiger partial charge in [0, 0.05) is 30.8 Å². The van der Waals surface area contributed by atoms with E-state index in [1.165, 1.54) is 5.56 Å². The van der Waals surface area contributed by atoms with E-state index in [0.29, 0.717) is 6.54 Å². The first-order valence-corrected chi connectivity index (χ1v) is 9.63. The molecule has 1 aliphatic heterocycles. The van der Waals surface area contributed by atoms with Gasteiger partial charge in [-0.2, -0.15) is 0 Å². The van der Waals surface area contributed by atoms with Gasteiger partial charge in [-0.3, -0.25) is 9.20 Å². The highest BCUT2D eigenvalue weighted by Gasteiger charge is 2.28. The molecular weight excluding hydrogens is 336 g/mol. The van der Waals surface area contributed by atoms with Gasteiger partial charge in [-0.25, -0.2) is 0 Å². The van der Waals surface area contributed by atoms with Gasteiger partial charge in [0.25, 0.3) is 5.91 Å². The molecule has 0 N–H and O–H groups in total. The predicted octanol–water partition coefficient (Wildman–Crippen LogP) is 4.05. The Labute approximate surface area is 160 Å². The summed E-state index contributed by atoms with van der Waals surface area (Å²) in [5.74, 6) is 1.27. The van der Waals surface area contributed by atoms with E-state index in [-0.39, 0.29) is 17.2 Å². The van der Waals surface area contributed by atoms with Crippen molar-refractivity contribution in [1.29, 1.82) is 0 Å². The Hall–Kier alpha value is -2.69. The Balaban J connectivity index is 1.53. The van der Waals surface area contributed by atoms with Crippen LogP contribution in [0.25, 0.3) is 5.65 Å². The van der Waals surface area contributed by atoms with E-state index in [0.717, 1.165) is 36.4 Å². The molecule has 2 aromatic heterocycles. The van der Waals surface area contributed by atoms with Crippen molar-refractivity contribution in [2.24, 2.45) is 0 Å². The van der Waals surface area contributed by atoms with E-state index in [1.807, 2.05) is 45.8 Å². The van der Waals surface area contributed by atoms with Crippen LogP contribution in [-0.2, 0) is 5.41 Å². The first-order valence-electron chi connectivity index (χ1n) is 9.63. The molecule has 1 aliphatic rings. The van der Waals surface area contributed by atoms with E-state index in [2.05, 4.69) is 43.1 Å². The second-order valence-corrected chi connectivity index (χ2v) is 8.40. The quantitative estimate of drug-likeness (QED) is 0.691. The van der Waals surface area contributed by atoms with Gasteiger partial charge in [0.2, 0.25) is 0 Å². The van der Waals surface area contributed by atoms with E-state index in [4.69, 9.17) is 0 Å². The maximum absolute atomic E-state index is 13.0. The predicted molar refractivity (Wildman–Crippen MR) is 106 cm³/mol. The Morgan fingerprint density at radius 1 is 1.07 bits per heavy atom. The molecule has 3 aromatic rings. The third-order valence-electron chi connectivity index (χ3n) is 5.41. The molecule has 1 aromatic carbocycles. The Kier molecular flexibility index (Phi) is 4.46. The van der Waals surface area contributed by atoms with Crippen molar-refractivity contribution in [3.8, 4) is 0 Å². The number of piperidine rings is 1. The van der Waals surface area contributed by atoms with Crippen molar-refractivity contribution in [2.45, 2.75) is 44.9 Å². The number of aromatic nitrogens is 3. The van der Waals surface area contributed by atoms with Crippen molar-refractivity contribution in [1.82, 2.24) is 19.5 Å². The summed E-state index contributed by atoms with van der Waals surface area (Å²) >= 11 is 0. The second kappa shape index (κ2) is 6.80. The maximum Gasteiger partial charge on any atom is 0.253 e. The van der Waals surface area contributed by atoms with Crippen LogP contribution in [-0.4, -0.2) is 38.5 Å². The van der Waals surface area contributed by atoms with Crippen LogP contribution < -0.4 is 0 Å². The van der Waals surface area contributed by atoms with Crippen molar-refractivity contribution >= 4 is 11.6 Å². The topological polar surface area (TPSA) is 50.5 Å². The van der Waals surface area contributed by atoms with Crippen LogP contribution in [0.2, 0.25) is 0 Å². The maximum atomic E-state index is 13.0. The minimum Gasteiger partial charge on any atom is -0.338 e. The van der Waals surface area contributed by atoms with Crippen LogP contribution in [0.3, 0.4) is 0 Å². The van der Waals surface area contributed by atoms with E-state index in [1.54, 1.807) is 0 Å². The molecule has 27 heavy (non-hydrogen) atoms. The van der Waals surface area contributed by atoms with Gasteiger partial charge in [-0.05, 0) is 48.1 Å². The zero-order valence-electron chi connectivity index (χ0n) is 16.2. The van der Waals surface area contributed by atoms with E-state index in [9.17, 15) is 4.79 Å². The zero-order valence-corrected chi connectivity index (χ0v) is 16.2. The minimum absolute atomic E-state index is 0.0898. The lowest BCUT2D eigenvalue weighted by atomic mass is 9.86. The lowest BCUT2D eigenvalue weighted by Crippen LogP contribution is -2.39. The number of carbonyl (C=O) groups excluding carboxylic acids is 1. The minimum atomic E-state index is 0.0898. The van der Waals surface area contributed by atoms with Gasteiger partial charge in [-0.1, -0.05) is 39.0 Å². The molecule has 5 nitrogen and oxygen atoms in total. The van der Waals surface area contributed by atoms with Crippen LogP contribution >= 0.6 is 0 Å². The van der Waals surface area contributed by atoms with Gasteiger partial charge in [0.05, 0.1) is 0 Å². The Morgan fingerprint density at radius 3 is 2.59 bits per heavy atom. The first-order chi connectivity index (χ1) is 12.9. The van der Waals surface area contributed by atoms with E-state index < -0.39 is 0 Å². The number of fused-ring (bicyclic) bond motifs is 1. The molecule has 0 spiro atoms. The number of benzene rings is 1. The highest BCUT2D eigenvalue weighted by atomic mass is 16.2. The molecule has 4 rings (SSSR count). The zero-order chi connectivity index (χ0) is 19.0. The SMILES string of the molecule is CC(C)(C)c1ccc(C(=O)N2CCC[C@@H](c3nnc4ccccn34)C2)cc1. The van der Waals surface area contributed by atoms with Crippen LogP contribution in [0, 0.1) is 0 Å². The molecule has 0 saturated carbocycles. The second-order valence-electron chi connectivity index (χ2n) is 8.40. The summed E-state index contributed by atoms with van der Waals surface area (Å²) in [6.45, 7) is 8.04. The van der Waals surface area contributed by atoms with E-state index >= 15 is 0 Å². The van der Waals surface area contributed by atoms with Crippen molar-refractivity contribution in [3.63, 3.8) is 0 Å². The largest absolute Gasteiger partial charge is 0.338 e. The Bertz CT molecular complexity index is 952. The van der Waals surface area contributed by atoms with Crippen molar-refractivity contribution in [3.05, 3.63) is 65.6 Å². The smallest absolute Gasteiger partial charge is 0.253 e. The third kappa shape index (κ3) is 3.46. The highest BCUT2D eigenvalue weighted by molar-refractivity contribution is 5.94. The van der Waals surface area contributed by atoms with Crippen LogP contribution in [0.15, 0.2) is 48.7 Å². The van der Waals surface area contributed by atoms with Crippen molar-refractivity contribution in [2.75, 3.05) is 13.1 Å². The van der Waals surface area contributed by atoms with Gasteiger partial charge in [0.15, 0.2) is 5.65 Å². The average Bonchev–Trinajstić information content (AvgIpc) is 3.11. The number of nitrogens with zero attached hydrogens (tertiary/aromatic N) is 4. The van der Waals surface area contributed by atoms with Gasteiger partial charge in [-0.15, -0.1) is 10.2 Å². The molecule has 1 atom stereocenters. The summed E-state index contributed by atoms with van der Waals surface area (Å²) in [5.41, 5.74) is 2.95. The lowest BCUT2D eigenvalue weighted by molar-refractivity contribution is 0.0704. The number of likely N-dealkylation sites (tertiary alicyclic amines) is 1. The number of carbonyl (C=O) groups is 1. The molecule has 3 heterocycles. The van der Waals surface area contributed by atoms with Crippen LogP contribution in [0.5, 0.6) is 0 Å². The summed E-state index contributed by atoms with van der Waals surface area (Å²) < 4.78 is 2.04. The number of hydrogen-bond donors (Lipinski definition) is 0. The summed E-state index contributed by atoms with van der Waals surface area (Å²) in [6.07, 6.45) is 4.01. The van der Waals surface area contributed by atoms with Crippen molar-refractivity contribution < 1.29 is 4.79 Å². The molecule has 5 heteroatoms. The van der Waals surface area contributed by atoms with Gasteiger partial charge >= 0.3 is 0 Å². The van der Waals surface area contributed by atoms with Gasteiger partial charge in [0.1, 0.15) is 5.82 Å². The molecule has 0 radical (unpaired) electrons. The summed E-state index contributed by atoms with van der Waals surface area (Å²) in [4.78, 5) is 15.0. The fourth-order valence-corrected chi connectivity index (χ4v) is 3.81. The number of pyridine rings is 1. The number of hydrogen-bond acceptors (Lipinski definition) is 3. The Morgan fingerprint density at radius 2 is 1.85 bits per heavy atom. The first kappa shape index (κ1) is 17.7. The summed E-state index contributed by atoms with van der Waals surface area (Å²) in [7, 11) is 0. The van der Waals surface area contributed by atoms with Gasteiger partial charge < -0.3 is 4.90 Å². The highest BCUT2D eigenvalue weighted by Crippen LogP contribution is 2.28. The molecule has 0 aliphatic carbocycles. The summed E-state index contributed by atoms with van der Waals surface area (Å²) in [6, 6.07) is 14.0. The molecule has 0 unspecified atom stereocenters. The third-order valence-corrected chi connectivity index (χ3v) is 5.41.